The number of hydrogen-bond acceptors (Lipinski definition) is 11. The van der Waals surface area contributed by atoms with Crippen LogP contribution in [0.2, 0.25) is 0 Å². The first-order valence-electron chi connectivity index (χ1n) is 14.6. The molecule has 2 aromatic carbocycles. The van der Waals surface area contributed by atoms with Crippen molar-refractivity contribution < 1.29 is 41.0 Å². The second-order valence-electron chi connectivity index (χ2n) is 10.3. The van der Waals surface area contributed by atoms with Gasteiger partial charge in [0.15, 0.2) is 17.1 Å². The van der Waals surface area contributed by atoms with Gasteiger partial charge >= 0.3 is 18.3 Å². The Morgan fingerprint density at radius 1 is 0.680 bits per heavy atom. The van der Waals surface area contributed by atoms with Crippen LogP contribution in [0.1, 0.15) is 38.7 Å². The standard InChI is InChI=1S/C17H13F3N4O2.C16H13F3N4O/c1-26-16(25)15-23-13-11(6-4-8-21-13)14(24-15)22-9-10-5-2-3-7-12(10)17(18,19)20;17-16(18,19)12-6-2-1-4-10(12)8-21-15-11-5-3-7-20-14(11)22-13(9-24)23-15/h2-8H,9H2,1H3,(H,21,22,23,24);1-7,24H,8-9H2,(H,20,21,22,23). The number of methoxy groups -OCH3 is 1. The van der Waals surface area contributed by atoms with Crippen molar-refractivity contribution in [3.63, 3.8) is 0 Å². The largest absolute Gasteiger partial charge is 0.463 e. The molecule has 50 heavy (non-hydrogen) atoms. The maximum absolute atomic E-state index is 13.1. The molecular weight excluding hydrogens is 670 g/mol. The van der Waals surface area contributed by atoms with Gasteiger partial charge in [-0.2, -0.15) is 26.3 Å². The molecule has 0 spiro atoms. The summed E-state index contributed by atoms with van der Waals surface area (Å²) in [6.07, 6.45) is -5.87. The van der Waals surface area contributed by atoms with Crippen LogP contribution in [0.5, 0.6) is 0 Å². The van der Waals surface area contributed by atoms with Crippen LogP contribution in [-0.2, 0) is 36.8 Å². The normalized spacial score (nSPS) is 11.5. The third-order valence-corrected chi connectivity index (χ3v) is 7.04. The minimum absolute atomic E-state index is 0.0512. The quantitative estimate of drug-likeness (QED) is 0.117. The van der Waals surface area contributed by atoms with Gasteiger partial charge in [-0.15, -0.1) is 0 Å². The van der Waals surface area contributed by atoms with Crippen LogP contribution in [0.3, 0.4) is 0 Å². The molecule has 0 amide bonds. The lowest BCUT2D eigenvalue weighted by atomic mass is 10.1. The first-order valence-corrected chi connectivity index (χ1v) is 14.6. The predicted molar refractivity (Wildman–Crippen MR) is 169 cm³/mol. The lowest BCUT2D eigenvalue weighted by Crippen LogP contribution is -2.14. The fourth-order valence-electron chi connectivity index (χ4n) is 4.75. The first kappa shape index (κ1) is 35.3. The molecule has 0 aliphatic heterocycles. The number of alkyl halides is 6. The van der Waals surface area contributed by atoms with E-state index in [1.54, 1.807) is 36.5 Å². The van der Waals surface area contributed by atoms with Crippen LogP contribution >= 0.6 is 0 Å². The minimum atomic E-state index is -4.47. The van der Waals surface area contributed by atoms with Crippen molar-refractivity contribution in [3.8, 4) is 0 Å². The van der Waals surface area contributed by atoms with E-state index < -0.39 is 29.4 Å². The molecule has 6 aromatic rings. The number of carbonyl (C=O) groups is 1. The topological polar surface area (TPSA) is 148 Å². The minimum Gasteiger partial charge on any atom is -0.463 e. The fourth-order valence-corrected chi connectivity index (χ4v) is 4.75. The molecule has 0 aliphatic carbocycles. The molecule has 4 aromatic heterocycles. The van der Waals surface area contributed by atoms with Crippen molar-refractivity contribution in [2.24, 2.45) is 0 Å². The Labute approximate surface area is 279 Å². The summed E-state index contributed by atoms with van der Waals surface area (Å²) in [7, 11) is 1.18. The Morgan fingerprint density at radius 2 is 1.16 bits per heavy atom. The molecule has 0 unspecified atom stereocenters. The second kappa shape index (κ2) is 15.1. The van der Waals surface area contributed by atoms with Crippen LogP contribution in [0.4, 0.5) is 38.0 Å². The zero-order chi connectivity index (χ0) is 35.9. The van der Waals surface area contributed by atoms with Crippen molar-refractivity contribution in [1.82, 2.24) is 29.9 Å². The van der Waals surface area contributed by atoms with Crippen molar-refractivity contribution in [1.29, 1.82) is 0 Å². The van der Waals surface area contributed by atoms with Gasteiger partial charge in [-0.05, 0) is 47.5 Å². The Kier molecular flexibility index (Phi) is 10.6. The molecule has 258 valence electrons. The highest BCUT2D eigenvalue weighted by Gasteiger charge is 2.33. The number of carbonyl (C=O) groups excluding carboxylic acids is 1. The number of nitrogens with zero attached hydrogens (tertiary/aromatic N) is 6. The van der Waals surface area contributed by atoms with Crippen molar-refractivity contribution in [2.45, 2.75) is 32.0 Å². The smallest absolute Gasteiger partial charge is 0.416 e. The number of halogens is 6. The summed E-state index contributed by atoms with van der Waals surface area (Å²) in [5.74, 6) is -0.330. The summed E-state index contributed by atoms with van der Waals surface area (Å²) in [6.45, 7) is -0.598. The van der Waals surface area contributed by atoms with Crippen LogP contribution in [0.15, 0.2) is 85.2 Å². The maximum Gasteiger partial charge on any atom is 0.416 e. The number of nitrogens with one attached hydrogen (secondary N) is 2. The molecule has 0 atom stereocenters. The van der Waals surface area contributed by atoms with Crippen LogP contribution in [0.25, 0.3) is 22.1 Å². The molecule has 0 radical (unpaired) electrons. The summed E-state index contributed by atoms with van der Waals surface area (Å²) in [5.41, 5.74) is -0.687. The molecule has 3 N–H and O–H groups in total. The zero-order valence-corrected chi connectivity index (χ0v) is 25.9. The maximum atomic E-state index is 13.1. The van der Waals surface area contributed by atoms with E-state index >= 15 is 0 Å². The number of esters is 1. The van der Waals surface area contributed by atoms with E-state index in [-0.39, 0.29) is 53.9 Å². The van der Waals surface area contributed by atoms with Crippen LogP contribution in [0, 0.1) is 0 Å². The number of ether oxygens (including phenoxy) is 1. The van der Waals surface area contributed by atoms with Crippen LogP contribution < -0.4 is 10.6 Å². The Balaban J connectivity index is 0.000000195. The zero-order valence-electron chi connectivity index (χ0n) is 25.9. The molecule has 6 rings (SSSR count). The second-order valence-corrected chi connectivity index (χ2v) is 10.3. The number of aliphatic hydroxyl groups excluding tert-OH is 1. The number of anilines is 2. The number of rotatable bonds is 8. The van der Waals surface area contributed by atoms with E-state index in [4.69, 9.17) is 0 Å². The molecule has 0 fully saturated rings. The highest BCUT2D eigenvalue weighted by molar-refractivity contribution is 5.92. The summed E-state index contributed by atoms with van der Waals surface area (Å²) in [4.78, 5) is 36.1. The van der Waals surface area contributed by atoms with Gasteiger partial charge in [0.2, 0.25) is 5.82 Å². The van der Waals surface area contributed by atoms with E-state index in [0.29, 0.717) is 22.2 Å². The van der Waals surface area contributed by atoms with Gasteiger partial charge in [-0.25, -0.2) is 34.7 Å². The number of aliphatic hydroxyl groups is 1. The van der Waals surface area contributed by atoms with Gasteiger partial charge in [0.05, 0.1) is 29.0 Å². The van der Waals surface area contributed by atoms with Gasteiger partial charge < -0.3 is 20.5 Å². The van der Waals surface area contributed by atoms with Gasteiger partial charge in [0.1, 0.15) is 18.2 Å². The Hall–Kier alpha value is -5.97. The molecule has 0 saturated carbocycles. The number of fused-ring (bicyclic) bond motifs is 2. The van der Waals surface area contributed by atoms with Crippen LogP contribution in [-0.4, -0.2) is 48.1 Å². The monoisotopic (exact) mass is 696 g/mol. The third-order valence-electron chi connectivity index (χ3n) is 7.04. The fraction of sp³-hybridized carbons (Fsp3) is 0.182. The lowest BCUT2D eigenvalue weighted by molar-refractivity contribution is -0.139. The average Bonchev–Trinajstić information content (AvgIpc) is 3.12. The summed E-state index contributed by atoms with van der Waals surface area (Å²) >= 11 is 0. The van der Waals surface area contributed by atoms with E-state index in [1.165, 1.54) is 43.6 Å². The highest BCUT2D eigenvalue weighted by Crippen LogP contribution is 2.33. The highest BCUT2D eigenvalue weighted by atomic mass is 19.4. The Morgan fingerprint density at radius 3 is 1.64 bits per heavy atom. The third kappa shape index (κ3) is 8.35. The Bertz CT molecular complexity index is 2130. The number of aromatic nitrogens is 6. The van der Waals surface area contributed by atoms with Crippen molar-refractivity contribution in [3.05, 3.63) is 119 Å². The van der Waals surface area contributed by atoms with Gasteiger partial charge in [0.25, 0.3) is 0 Å². The summed E-state index contributed by atoms with van der Waals surface area (Å²) in [5, 5.41) is 16.0. The number of hydrogen-bond donors (Lipinski definition) is 3. The SMILES string of the molecule is COC(=O)c1nc(NCc2ccccc2C(F)(F)F)c2cccnc2n1.OCc1nc(NCc2ccccc2C(F)(F)F)c2cccnc2n1. The molecule has 0 bridgehead atoms. The summed E-state index contributed by atoms with van der Waals surface area (Å²) < 4.78 is 83.1. The molecule has 11 nitrogen and oxygen atoms in total. The van der Waals surface area contributed by atoms with E-state index in [0.717, 1.165) is 12.1 Å². The lowest BCUT2D eigenvalue weighted by Gasteiger charge is -2.14. The van der Waals surface area contributed by atoms with Gasteiger partial charge in [0, 0.05) is 25.5 Å². The van der Waals surface area contributed by atoms with Gasteiger partial charge in [-0.3, -0.25) is 0 Å². The molecule has 17 heteroatoms. The molecule has 0 saturated heterocycles. The number of pyridine rings is 2. The first-order chi connectivity index (χ1) is 23.9. The van der Waals surface area contributed by atoms with E-state index in [1.807, 2.05) is 0 Å². The van der Waals surface area contributed by atoms with E-state index in [2.05, 4.69) is 45.3 Å². The van der Waals surface area contributed by atoms with E-state index in [9.17, 15) is 36.2 Å². The average molecular weight is 697 g/mol. The summed E-state index contributed by atoms with van der Waals surface area (Å²) in [6, 6.07) is 17.2. The van der Waals surface area contributed by atoms with Gasteiger partial charge in [-0.1, -0.05) is 36.4 Å². The van der Waals surface area contributed by atoms with Crippen molar-refractivity contribution in [2.75, 3.05) is 17.7 Å². The molecular formula is C33H26F6N8O3. The number of benzene rings is 2. The molecule has 4 heterocycles. The van der Waals surface area contributed by atoms with Crippen molar-refractivity contribution >= 4 is 39.7 Å². The molecule has 0 aliphatic rings. The predicted octanol–water partition coefficient (Wildman–Crippen LogP) is 6.59.